The van der Waals surface area contributed by atoms with Gasteiger partial charge in [0.1, 0.15) is 5.75 Å². The summed E-state index contributed by atoms with van der Waals surface area (Å²) in [4.78, 5) is 12.6. The third-order valence-corrected chi connectivity index (χ3v) is 4.94. The zero-order valence-corrected chi connectivity index (χ0v) is 14.9. The van der Waals surface area contributed by atoms with Crippen molar-refractivity contribution in [3.63, 3.8) is 0 Å². The molecule has 1 saturated carbocycles. The van der Waals surface area contributed by atoms with Crippen LogP contribution in [-0.2, 0) is 4.79 Å². The predicted octanol–water partition coefficient (Wildman–Crippen LogP) is 4.69. The number of carbonyl (C=O) groups is 1. The average molecular weight is 317 g/mol. The predicted molar refractivity (Wildman–Crippen MR) is 94.9 cm³/mol. The van der Waals surface area contributed by atoms with Gasteiger partial charge < -0.3 is 10.1 Å². The maximum atomic E-state index is 12.6. The highest BCUT2D eigenvalue weighted by Crippen LogP contribution is 2.23. The highest BCUT2D eigenvalue weighted by molar-refractivity contribution is 5.81. The molecular weight excluding hydrogens is 286 g/mol. The lowest BCUT2D eigenvalue weighted by Gasteiger charge is -2.25. The lowest BCUT2D eigenvalue weighted by Crippen LogP contribution is -2.43. The van der Waals surface area contributed by atoms with Crippen molar-refractivity contribution in [1.29, 1.82) is 0 Å². The van der Waals surface area contributed by atoms with Crippen LogP contribution in [0.5, 0.6) is 5.75 Å². The zero-order chi connectivity index (χ0) is 16.7. The highest BCUT2D eigenvalue weighted by atomic mass is 16.5. The second-order valence-corrected chi connectivity index (χ2v) is 6.76. The van der Waals surface area contributed by atoms with Crippen molar-refractivity contribution >= 4 is 5.91 Å². The van der Waals surface area contributed by atoms with E-state index in [0.717, 1.165) is 24.2 Å². The maximum absolute atomic E-state index is 12.6. The molecule has 1 aromatic carbocycles. The summed E-state index contributed by atoms with van der Waals surface area (Å²) in [5, 5.41) is 3.23. The van der Waals surface area contributed by atoms with E-state index in [-0.39, 0.29) is 5.91 Å². The van der Waals surface area contributed by atoms with E-state index >= 15 is 0 Å². The Morgan fingerprint density at radius 1 is 1.17 bits per heavy atom. The van der Waals surface area contributed by atoms with Crippen molar-refractivity contribution in [3.05, 3.63) is 29.3 Å². The minimum Gasteiger partial charge on any atom is -0.480 e. The van der Waals surface area contributed by atoms with E-state index < -0.39 is 6.10 Å². The molecule has 1 fully saturated rings. The van der Waals surface area contributed by atoms with Crippen molar-refractivity contribution in [2.45, 2.75) is 84.3 Å². The van der Waals surface area contributed by atoms with E-state index in [2.05, 4.69) is 18.3 Å². The molecule has 0 saturated heterocycles. The maximum Gasteiger partial charge on any atom is 0.261 e. The molecule has 2 rings (SSSR count). The van der Waals surface area contributed by atoms with Crippen LogP contribution in [0.25, 0.3) is 0 Å². The molecule has 0 radical (unpaired) electrons. The van der Waals surface area contributed by atoms with Crippen LogP contribution < -0.4 is 10.1 Å². The Labute approximate surface area is 140 Å². The molecule has 0 aromatic heterocycles. The fourth-order valence-corrected chi connectivity index (χ4v) is 3.22. The normalized spacial score (nSPS) is 17.9. The minimum absolute atomic E-state index is 0.0407. The number of hydrogen-bond acceptors (Lipinski definition) is 2. The first-order chi connectivity index (χ1) is 11.1. The summed E-state index contributed by atoms with van der Waals surface area (Å²) in [7, 11) is 0. The first kappa shape index (κ1) is 17.8. The third kappa shape index (κ3) is 5.26. The summed E-state index contributed by atoms with van der Waals surface area (Å²) in [5.74, 6) is 0.864. The van der Waals surface area contributed by atoms with Crippen molar-refractivity contribution in [2.24, 2.45) is 0 Å². The molecule has 0 spiro atoms. The Hall–Kier alpha value is -1.51. The van der Waals surface area contributed by atoms with Gasteiger partial charge in [0.05, 0.1) is 0 Å². The van der Waals surface area contributed by atoms with Crippen molar-refractivity contribution < 1.29 is 9.53 Å². The molecule has 128 valence electrons. The molecule has 3 nitrogen and oxygen atoms in total. The van der Waals surface area contributed by atoms with Gasteiger partial charge in [-0.05, 0) is 50.3 Å². The highest BCUT2D eigenvalue weighted by Gasteiger charge is 2.22. The molecule has 0 aliphatic heterocycles. The average Bonchev–Trinajstić information content (AvgIpc) is 2.51. The summed E-state index contributed by atoms with van der Waals surface area (Å²) in [6.07, 6.45) is 8.86. The molecule has 3 heteroatoms. The minimum atomic E-state index is -0.402. The van der Waals surface area contributed by atoms with Gasteiger partial charge in [-0.25, -0.2) is 0 Å². The summed E-state index contributed by atoms with van der Waals surface area (Å²) in [6, 6.07) is 6.32. The number of carbonyl (C=O) groups excluding carboxylic acids is 1. The molecule has 0 unspecified atom stereocenters. The van der Waals surface area contributed by atoms with E-state index in [9.17, 15) is 4.79 Å². The van der Waals surface area contributed by atoms with E-state index in [0.29, 0.717) is 12.5 Å². The van der Waals surface area contributed by atoms with Gasteiger partial charge in [0, 0.05) is 6.04 Å². The van der Waals surface area contributed by atoms with Crippen LogP contribution in [0.3, 0.4) is 0 Å². The molecule has 0 heterocycles. The quantitative estimate of drug-likeness (QED) is 0.855. The molecule has 1 aliphatic carbocycles. The molecule has 1 N–H and O–H groups in total. The number of benzene rings is 1. The second-order valence-electron chi connectivity index (χ2n) is 6.76. The van der Waals surface area contributed by atoms with E-state index in [1.54, 1.807) is 0 Å². The Kier molecular flexibility index (Phi) is 6.94. The first-order valence-electron chi connectivity index (χ1n) is 9.15. The van der Waals surface area contributed by atoms with Gasteiger partial charge in [0.15, 0.2) is 6.10 Å². The number of nitrogens with one attached hydrogen (secondary N) is 1. The van der Waals surface area contributed by atoms with Crippen LogP contribution in [0.1, 0.15) is 69.4 Å². The van der Waals surface area contributed by atoms with E-state index in [1.165, 1.54) is 37.7 Å². The molecule has 1 atom stereocenters. The topological polar surface area (TPSA) is 38.3 Å². The van der Waals surface area contributed by atoms with Crippen LogP contribution in [0.4, 0.5) is 0 Å². The molecule has 0 bridgehead atoms. The summed E-state index contributed by atoms with van der Waals surface area (Å²) in [6.45, 7) is 6.12. The standard InChI is InChI=1S/C20H31NO2/c1-4-18(23-19-14-10-11-15(2)16(19)3)20(22)21-17-12-8-6-5-7-9-13-17/h10-11,14,17-18H,4-9,12-13H2,1-3H3,(H,21,22)/t18-/m0/s1. The van der Waals surface area contributed by atoms with Crippen molar-refractivity contribution in [2.75, 3.05) is 0 Å². The van der Waals surface area contributed by atoms with Crippen LogP contribution in [0.2, 0.25) is 0 Å². The monoisotopic (exact) mass is 317 g/mol. The first-order valence-corrected chi connectivity index (χ1v) is 9.15. The second kappa shape index (κ2) is 8.95. The zero-order valence-electron chi connectivity index (χ0n) is 14.9. The smallest absolute Gasteiger partial charge is 0.261 e. The van der Waals surface area contributed by atoms with Gasteiger partial charge in [0.25, 0.3) is 5.91 Å². The van der Waals surface area contributed by atoms with E-state index in [4.69, 9.17) is 4.74 Å². The van der Waals surface area contributed by atoms with Gasteiger partial charge in [-0.2, -0.15) is 0 Å². The summed E-state index contributed by atoms with van der Waals surface area (Å²) in [5.41, 5.74) is 2.31. The van der Waals surface area contributed by atoms with Gasteiger partial charge >= 0.3 is 0 Å². The van der Waals surface area contributed by atoms with Crippen LogP contribution >= 0.6 is 0 Å². The molecule has 1 aromatic rings. The summed E-state index contributed by atoms with van der Waals surface area (Å²) >= 11 is 0. The number of rotatable bonds is 5. The van der Waals surface area contributed by atoms with Crippen LogP contribution in [-0.4, -0.2) is 18.1 Å². The number of amides is 1. The lowest BCUT2D eigenvalue weighted by molar-refractivity contribution is -0.129. The number of ether oxygens (including phenoxy) is 1. The fraction of sp³-hybridized carbons (Fsp3) is 0.650. The van der Waals surface area contributed by atoms with Gasteiger partial charge in [-0.1, -0.05) is 51.2 Å². The van der Waals surface area contributed by atoms with Crippen LogP contribution in [0.15, 0.2) is 18.2 Å². The molecule has 1 aliphatic rings. The number of hydrogen-bond donors (Lipinski definition) is 1. The van der Waals surface area contributed by atoms with Gasteiger partial charge in [-0.15, -0.1) is 0 Å². The summed E-state index contributed by atoms with van der Waals surface area (Å²) < 4.78 is 6.02. The SMILES string of the molecule is CC[C@H](Oc1cccc(C)c1C)C(=O)NC1CCCCCCC1. The Morgan fingerprint density at radius 3 is 2.48 bits per heavy atom. The fourth-order valence-electron chi connectivity index (χ4n) is 3.22. The Bertz CT molecular complexity index is 504. The van der Waals surface area contributed by atoms with Crippen molar-refractivity contribution in [3.8, 4) is 5.75 Å². The Balaban J connectivity index is 1.96. The largest absolute Gasteiger partial charge is 0.480 e. The Morgan fingerprint density at radius 2 is 1.83 bits per heavy atom. The van der Waals surface area contributed by atoms with Crippen molar-refractivity contribution in [1.82, 2.24) is 5.32 Å². The van der Waals surface area contributed by atoms with E-state index in [1.807, 2.05) is 26.0 Å². The molecule has 23 heavy (non-hydrogen) atoms. The molecular formula is C20H31NO2. The lowest BCUT2D eigenvalue weighted by atomic mass is 9.96. The number of aryl methyl sites for hydroxylation is 1. The third-order valence-electron chi connectivity index (χ3n) is 4.94. The van der Waals surface area contributed by atoms with Gasteiger partial charge in [0.2, 0.25) is 0 Å². The van der Waals surface area contributed by atoms with Crippen LogP contribution in [0, 0.1) is 13.8 Å². The van der Waals surface area contributed by atoms with Gasteiger partial charge in [-0.3, -0.25) is 4.79 Å². The molecule has 1 amide bonds.